The number of hydrogen-bond acceptors (Lipinski definition) is 4. The Bertz CT molecular complexity index is 869. The highest BCUT2D eigenvalue weighted by Gasteiger charge is 2.51. The molecule has 0 aliphatic carbocycles. The van der Waals surface area contributed by atoms with Crippen molar-refractivity contribution in [1.82, 2.24) is 10.2 Å². The number of nitrogens with one attached hydrogen (secondary N) is 1. The number of methoxy groups -OCH3 is 1. The van der Waals surface area contributed by atoms with E-state index in [1.54, 1.807) is 55.6 Å². The van der Waals surface area contributed by atoms with Gasteiger partial charge in [-0.2, -0.15) is 5.26 Å². The summed E-state index contributed by atoms with van der Waals surface area (Å²) >= 11 is 0. The van der Waals surface area contributed by atoms with Gasteiger partial charge in [0.1, 0.15) is 11.3 Å². The van der Waals surface area contributed by atoms with Gasteiger partial charge >= 0.3 is 6.03 Å². The van der Waals surface area contributed by atoms with E-state index in [4.69, 9.17) is 10.00 Å². The van der Waals surface area contributed by atoms with Crippen LogP contribution < -0.4 is 10.1 Å². The summed E-state index contributed by atoms with van der Waals surface area (Å²) in [5, 5.41) is 11.7. The van der Waals surface area contributed by atoms with E-state index in [0.29, 0.717) is 17.7 Å². The highest BCUT2D eigenvalue weighted by atomic mass is 16.5. The van der Waals surface area contributed by atoms with Crippen molar-refractivity contribution < 1.29 is 14.3 Å². The fraction of sp³-hybridized carbons (Fsp3) is 0.250. The lowest BCUT2D eigenvalue weighted by atomic mass is 9.87. The Morgan fingerprint density at radius 2 is 1.77 bits per heavy atom. The Morgan fingerprint density at radius 3 is 2.31 bits per heavy atom. The number of rotatable bonds is 5. The summed E-state index contributed by atoms with van der Waals surface area (Å²) in [7, 11) is 1.58. The normalized spacial score (nSPS) is 19.2. The van der Waals surface area contributed by atoms with Crippen LogP contribution in [0.1, 0.15) is 30.0 Å². The summed E-state index contributed by atoms with van der Waals surface area (Å²) in [6.07, 6.45) is 0.438. The third kappa shape index (κ3) is 2.88. The predicted molar refractivity (Wildman–Crippen MR) is 95.2 cm³/mol. The molecule has 2 aromatic carbocycles. The molecular formula is C20H19N3O3. The van der Waals surface area contributed by atoms with E-state index in [-0.39, 0.29) is 12.5 Å². The van der Waals surface area contributed by atoms with Crippen LogP contribution in [0.15, 0.2) is 48.5 Å². The first kappa shape index (κ1) is 17.5. The predicted octanol–water partition coefficient (Wildman–Crippen LogP) is 2.92. The topological polar surface area (TPSA) is 82.4 Å². The molecule has 2 aromatic rings. The summed E-state index contributed by atoms with van der Waals surface area (Å²) in [4.78, 5) is 26.8. The van der Waals surface area contributed by atoms with Crippen molar-refractivity contribution in [2.75, 3.05) is 7.11 Å². The molecule has 1 atom stereocenters. The Kier molecular flexibility index (Phi) is 4.63. The Morgan fingerprint density at radius 1 is 1.12 bits per heavy atom. The van der Waals surface area contributed by atoms with Crippen molar-refractivity contribution in [3.05, 3.63) is 65.2 Å². The molecule has 0 aromatic heterocycles. The van der Waals surface area contributed by atoms with Crippen molar-refractivity contribution in [3.63, 3.8) is 0 Å². The lowest BCUT2D eigenvalue weighted by Crippen LogP contribution is -2.43. The summed E-state index contributed by atoms with van der Waals surface area (Å²) in [5.41, 5.74) is 0.971. The summed E-state index contributed by atoms with van der Waals surface area (Å²) in [6.45, 7) is 2.03. The number of urea groups is 1. The Balaban J connectivity index is 1.88. The standard InChI is InChI=1S/C20H19N3O3/c1-3-20(16-8-10-17(26-2)11-9-16)18(24)23(19(25)22-20)13-15-6-4-14(12-21)5-7-15/h4-11H,3,13H2,1-2H3,(H,22,25). The van der Waals surface area contributed by atoms with E-state index in [2.05, 4.69) is 5.32 Å². The van der Waals surface area contributed by atoms with Gasteiger partial charge in [-0.05, 0) is 41.8 Å². The second kappa shape index (κ2) is 6.89. The number of amides is 3. The number of nitrogens with zero attached hydrogens (tertiary/aromatic N) is 2. The number of benzene rings is 2. The highest BCUT2D eigenvalue weighted by Crippen LogP contribution is 2.34. The smallest absolute Gasteiger partial charge is 0.325 e. The van der Waals surface area contributed by atoms with Crippen LogP contribution in [0.4, 0.5) is 4.79 Å². The van der Waals surface area contributed by atoms with Crippen LogP contribution in [0.3, 0.4) is 0 Å². The number of hydrogen-bond donors (Lipinski definition) is 1. The summed E-state index contributed by atoms with van der Waals surface area (Å²) < 4.78 is 5.16. The molecule has 1 aliphatic rings. The molecule has 1 unspecified atom stereocenters. The molecule has 1 aliphatic heterocycles. The number of carbonyl (C=O) groups is 2. The van der Waals surface area contributed by atoms with Gasteiger partial charge in [-0.1, -0.05) is 31.2 Å². The molecule has 0 bridgehead atoms. The molecule has 3 rings (SSSR count). The molecule has 0 saturated carbocycles. The average molecular weight is 349 g/mol. The quantitative estimate of drug-likeness (QED) is 0.842. The number of carbonyl (C=O) groups excluding carboxylic acids is 2. The van der Waals surface area contributed by atoms with Gasteiger partial charge in [0.2, 0.25) is 0 Å². The molecule has 3 amide bonds. The second-order valence-electron chi connectivity index (χ2n) is 6.12. The van der Waals surface area contributed by atoms with Gasteiger partial charge in [-0.25, -0.2) is 4.79 Å². The Hall–Kier alpha value is -3.33. The van der Waals surface area contributed by atoms with Gasteiger partial charge < -0.3 is 10.1 Å². The summed E-state index contributed by atoms with van der Waals surface area (Å²) in [6, 6.07) is 15.6. The van der Waals surface area contributed by atoms with E-state index in [1.807, 2.05) is 13.0 Å². The van der Waals surface area contributed by atoms with Crippen LogP contribution in [0.5, 0.6) is 5.75 Å². The van der Waals surface area contributed by atoms with Gasteiger partial charge in [0.15, 0.2) is 0 Å². The zero-order chi connectivity index (χ0) is 18.7. The van der Waals surface area contributed by atoms with Crippen molar-refractivity contribution in [2.24, 2.45) is 0 Å². The molecule has 0 radical (unpaired) electrons. The van der Waals surface area contributed by atoms with E-state index in [0.717, 1.165) is 11.1 Å². The average Bonchev–Trinajstić information content (AvgIpc) is 2.93. The van der Waals surface area contributed by atoms with Crippen LogP contribution in [-0.4, -0.2) is 23.9 Å². The highest BCUT2D eigenvalue weighted by molar-refractivity contribution is 6.07. The first-order valence-electron chi connectivity index (χ1n) is 8.31. The maximum Gasteiger partial charge on any atom is 0.325 e. The minimum atomic E-state index is -1.07. The molecule has 1 N–H and O–H groups in total. The third-order valence-corrected chi connectivity index (χ3v) is 4.71. The van der Waals surface area contributed by atoms with Crippen LogP contribution in [0.2, 0.25) is 0 Å². The van der Waals surface area contributed by atoms with E-state index in [1.165, 1.54) is 4.90 Å². The maximum absolute atomic E-state index is 13.1. The largest absolute Gasteiger partial charge is 0.497 e. The Labute approximate surface area is 152 Å². The van der Waals surface area contributed by atoms with Crippen LogP contribution in [-0.2, 0) is 16.9 Å². The minimum Gasteiger partial charge on any atom is -0.497 e. The first-order chi connectivity index (χ1) is 12.5. The lowest BCUT2D eigenvalue weighted by Gasteiger charge is -2.26. The van der Waals surface area contributed by atoms with E-state index in [9.17, 15) is 9.59 Å². The van der Waals surface area contributed by atoms with Gasteiger partial charge in [0.25, 0.3) is 5.91 Å². The van der Waals surface area contributed by atoms with Crippen molar-refractivity contribution in [1.29, 1.82) is 5.26 Å². The van der Waals surface area contributed by atoms with Crippen molar-refractivity contribution >= 4 is 11.9 Å². The number of imide groups is 1. The minimum absolute atomic E-state index is 0.161. The first-order valence-corrected chi connectivity index (χ1v) is 8.31. The monoisotopic (exact) mass is 349 g/mol. The molecule has 1 saturated heterocycles. The summed E-state index contributed by atoms with van der Waals surface area (Å²) in [5.74, 6) is 0.408. The van der Waals surface area contributed by atoms with Crippen LogP contribution in [0.25, 0.3) is 0 Å². The van der Waals surface area contributed by atoms with Crippen molar-refractivity contribution in [2.45, 2.75) is 25.4 Å². The molecule has 0 spiro atoms. The van der Waals surface area contributed by atoms with Gasteiger partial charge in [-0.15, -0.1) is 0 Å². The van der Waals surface area contributed by atoms with Crippen LogP contribution in [0, 0.1) is 11.3 Å². The lowest BCUT2D eigenvalue weighted by molar-refractivity contribution is -0.132. The molecule has 1 heterocycles. The molecule has 6 nitrogen and oxygen atoms in total. The zero-order valence-electron chi connectivity index (χ0n) is 14.7. The van der Waals surface area contributed by atoms with Crippen LogP contribution >= 0.6 is 0 Å². The molecular weight excluding hydrogens is 330 g/mol. The fourth-order valence-electron chi connectivity index (χ4n) is 3.15. The van der Waals surface area contributed by atoms with E-state index < -0.39 is 11.6 Å². The van der Waals surface area contributed by atoms with E-state index >= 15 is 0 Å². The van der Waals surface area contributed by atoms with Gasteiger partial charge in [-0.3, -0.25) is 9.69 Å². The van der Waals surface area contributed by atoms with Gasteiger partial charge in [0, 0.05) is 0 Å². The maximum atomic E-state index is 13.1. The van der Waals surface area contributed by atoms with Crippen molar-refractivity contribution in [3.8, 4) is 11.8 Å². The zero-order valence-corrected chi connectivity index (χ0v) is 14.7. The fourth-order valence-corrected chi connectivity index (χ4v) is 3.15. The molecule has 6 heteroatoms. The third-order valence-electron chi connectivity index (χ3n) is 4.71. The van der Waals surface area contributed by atoms with Gasteiger partial charge in [0.05, 0.1) is 25.3 Å². The molecule has 26 heavy (non-hydrogen) atoms. The number of nitriles is 1. The molecule has 132 valence electrons. The SMILES string of the molecule is CCC1(c2ccc(OC)cc2)NC(=O)N(Cc2ccc(C#N)cc2)C1=O. The molecule has 1 fully saturated rings. The second-order valence-corrected chi connectivity index (χ2v) is 6.12. The number of ether oxygens (including phenoxy) is 1.